The highest BCUT2D eigenvalue weighted by molar-refractivity contribution is 6.43. The van der Waals surface area contributed by atoms with Crippen LogP contribution in [0.3, 0.4) is 0 Å². The van der Waals surface area contributed by atoms with E-state index in [1.165, 1.54) is 0 Å². The summed E-state index contributed by atoms with van der Waals surface area (Å²) in [5.41, 5.74) is 7.11. The van der Waals surface area contributed by atoms with Crippen LogP contribution in [0.5, 0.6) is 0 Å². The predicted molar refractivity (Wildman–Crippen MR) is 109 cm³/mol. The van der Waals surface area contributed by atoms with Crippen molar-refractivity contribution in [1.82, 2.24) is 9.55 Å². The monoisotopic (exact) mass is 394 g/mol. The zero-order chi connectivity index (χ0) is 19.1. The van der Waals surface area contributed by atoms with Crippen molar-refractivity contribution in [3.05, 3.63) is 38.6 Å². The molecule has 7 heteroatoms. The number of nitrogens with zero attached hydrogens (tertiary/aromatic N) is 3. The van der Waals surface area contributed by atoms with Gasteiger partial charge in [0.1, 0.15) is 5.82 Å². The largest absolute Gasteiger partial charge is 0.383 e. The SMILES string of the molecule is CCC1(C)CCN(c2nc(N)c(-c3cccc(Cl)c3Cl)c(=O)n2C)CC1. The van der Waals surface area contributed by atoms with Gasteiger partial charge in [-0.25, -0.2) is 0 Å². The molecular weight excluding hydrogens is 371 g/mol. The summed E-state index contributed by atoms with van der Waals surface area (Å²) in [4.78, 5) is 19.7. The highest BCUT2D eigenvalue weighted by Gasteiger charge is 2.30. The molecule has 2 N–H and O–H groups in total. The van der Waals surface area contributed by atoms with Crippen molar-refractivity contribution in [1.29, 1.82) is 0 Å². The van der Waals surface area contributed by atoms with Gasteiger partial charge in [0.05, 0.1) is 15.6 Å². The molecule has 0 saturated carbocycles. The average molecular weight is 395 g/mol. The highest BCUT2D eigenvalue weighted by Crippen LogP contribution is 2.37. The Labute approximate surface area is 163 Å². The van der Waals surface area contributed by atoms with Crippen molar-refractivity contribution in [2.24, 2.45) is 12.5 Å². The van der Waals surface area contributed by atoms with Crippen molar-refractivity contribution in [2.75, 3.05) is 23.7 Å². The summed E-state index contributed by atoms with van der Waals surface area (Å²) in [7, 11) is 1.72. The molecule has 0 unspecified atom stereocenters. The lowest BCUT2D eigenvalue weighted by atomic mass is 9.78. The fraction of sp³-hybridized carbons (Fsp3) is 0.474. The quantitative estimate of drug-likeness (QED) is 0.839. The molecule has 1 aliphatic rings. The molecule has 0 spiro atoms. The fourth-order valence-electron chi connectivity index (χ4n) is 3.44. The van der Waals surface area contributed by atoms with Gasteiger partial charge < -0.3 is 10.6 Å². The van der Waals surface area contributed by atoms with Gasteiger partial charge in [-0.15, -0.1) is 0 Å². The molecule has 1 fully saturated rings. The van der Waals surface area contributed by atoms with E-state index in [4.69, 9.17) is 28.9 Å². The van der Waals surface area contributed by atoms with Gasteiger partial charge in [-0.05, 0) is 24.3 Å². The molecule has 2 heterocycles. The molecule has 1 aromatic heterocycles. The lowest BCUT2D eigenvalue weighted by molar-refractivity contribution is 0.236. The third-order valence-corrected chi connectivity index (χ3v) is 6.44. The van der Waals surface area contributed by atoms with Crippen LogP contribution in [0.4, 0.5) is 11.8 Å². The van der Waals surface area contributed by atoms with E-state index in [2.05, 4.69) is 23.7 Å². The first-order chi connectivity index (χ1) is 12.3. The van der Waals surface area contributed by atoms with Gasteiger partial charge in [-0.3, -0.25) is 9.36 Å². The van der Waals surface area contributed by atoms with E-state index in [1.807, 2.05) is 0 Å². The summed E-state index contributed by atoms with van der Waals surface area (Å²) in [6, 6.07) is 5.15. The first-order valence-electron chi connectivity index (χ1n) is 8.83. The summed E-state index contributed by atoms with van der Waals surface area (Å²) in [5, 5.41) is 0.689. The van der Waals surface area contributed by atoms with Gasteiger partial charge in [-0.1, -0.05) is 55.6 Å². The number of rotatable bonds is 3. The van der Waals surface area contributed by atoms with Gasteiger partial charge in [0.15, 0.2) is 0 Å². The van der Waals surface area contributed by atoms with Gasteiger partial charge in [-0.2, -0.15) is 4.98 Å². The maximum Gasteiger partial charge on any atom is 0.264 e. The zero-order valence-electron chi connectivity index (χ0n) is 15.4. The number of anilines is 2. The molecule has 1 saturated heterocycles. The van der Waals surface area contributed by atoms with Crippen LogP contribution in [0, 0.1) is 5.41 Å². The molecule has 1 aliphatic heterocycles. The normalized spacial score (nSPS) is 16.7. The Hall–Kier alpha value is -1.72. The number of hydrogen-bond donors (Lipinski definition) is 1. The van der Waals surface area contributed by atoms with E-state index in [0.29, 0.717) is 32.5 Å². The molecule has 26 heavy (non-hydrogen) atoms. The van der Waals surface area contributed by atoms with Crippen molar-refractivity contribution >= 4 is 35.0 Å². The zero-order valence-corrected chi connectivity index (χ0v) is 16.9. The molecule has 3 rings (SSSR count). The number of benzene rings is 1. The number of nitrogen functional groups attached to an aromatic ring is 1. The minimum atomic E-state index is -0.222. The third-order valence-electron chi connectivity index (χ3n) is 5.62. The number of halogens is 2. The molecule has 2 aromatic rings. The van der Waals surface area contributed by atoms with E-state index < -0.39 is 0 Å². The van der Waals surface area contributed by atoms with E-state index in [-0.39, 0.29) is 11.4 Å². The van der Waals surface area contributed by atoms with Gasteiger partial charge >= 0.3 is 0 Å². The summed E-state index contributed by atoms with van der Waals surface area (Å²) >= 11 is 12.4. The van der Waals surface area contributed by atoms with E-state index in [9.17, 15) is 4.79 Å². The van der Waals surface area contributed by atoms with Crippen molar-refractivity contribution in [3.8, 4) is 11.1 Å². The smallest absolute Gasteiger partial charge is 0.264 e. The molecule has 0 amide bonds. The van der Waals surface area contributed by atoms with Gasteiger partial charge in [0.2, 0.25) is 5.95 Å². The van der Waals surface area contributed by atoms with Gasteiger partial charge in [0.25, 0.3) is 5.56 Å². The number of aromatic nitrogens is 2. The van der Waals surface area contributed by atoms with Crippen LogP contribution in [0.2, 0.25) is 10.0 Å². The Morgan fingerprint density at radius 2 is 1.92 bits per heavy atom. The Bertz CT molecular complexity index is 886. The molecule has 5 nitrogen and oxygen atoms in total. The summed E-state index contributed by atoms with van der Waals surface area (Å²) in [6.45, 7) is 6.27. The lowest BCUT2D eigenvalue weighted by Crippen LogP contribution is -2.41. The van der Waals surface area contributed by atoms with Crippen molar-refractivity contribution in [3.63, 3.8) is 0 Å². The van der Waals surface area contributed by atoms with E-state index in [1.54, 1.807) is 29.8 Å². The highest BCUT2D eigenvalue weighted by atomic mass is 35.5. The molecule has 140 valence electrons. The summed E-state index contributed by atoms with van der Waals surface area (Å²) < 4.78 is 1.55. The Balaban J connectivity index is 2.02. The van der Waals surface area contributed by atoms with Crippen LogP contribution in [0.25, 0.3) is 11.1 Å². The first kappa shape index (κ1) is 19.1. The summed E-state index contributed by atoms with van der Waals surface area (Å²) in [5.74, 6) is 0.781. The Kier molecular flexibility index (Phi) is 5.22. The Morgan fingerprint density at radius 3 is 2.54 bits per heavy atom. The van der Waals surface area contributed by atoms with Crippen LogP contribution in [0.1, 0.15) is 33.1 Å². The lowest BCUT2D eigenvalue weighted by Gasteiger charge is -2.39. The number of piperidine rings is 1. The van der Waals surface area contributed by atoms with Crippen LogP contribution in [0.15, 0.2) is 23.0 Å². The second-order valence-corrected chi connectivity index (χ2v) is 8.07. The molecule has 1 aromatic carbocycles. The van der Waals surface area contributed by atoms with Crippen molar-refractivity contribution in [2.45, 2.75) is 33.1 Å². The van der Waals surface area contributed by atoms with E-state index >= 15 is 0 Å². The minimum absolute atomic E-state index is 0.177. The molecule has 0 radical (unpaired) electrons. The summed E-state index contributed by atoms with van der Waals surface area (Å²) in [6.07, 6.45) is 3.30. The van der Waals surface area contributed by atoms with Crippen LogP contribution < -0.4 is 16.2 Å². The predicted octanol–water partition coefficient (Wildman–Crippen LogP) is 4.35. The first-order valence-corrected chi connectivity index (χ1v) is 9.59. The maximum absolute atomic E-state index is 13.0. The van der Waals surface area contributed by atoms with E-state index in [0.717, 1.165) is 32.4 Å². The molecular formula is C19H24Cl2N4O. The second-order valence-electron chi connectivity index (χ2n) is 7.29. The minimum Gasteiger partial charge on any atom is -0.383 e. The van der Waals surface area contributed by atoms with Crippen LogP contribution in [-0.4, -0.2) is 22.6 Å². The maximum atomic E-state index is 13.0. The average Bonchev–Trinajstić information content (AvgIpc) is 2.62. The number of nitrogens with two attached hydrogens (primary N) is 1. The standard InChI is InChI=1S/C19H24Cl2N4O/c1-4-19(2)8-10-25(11-9-19)18-23-16(22)14(17(26)24(18)3)12-6-5-7-13(20)15(12)21/h5-7H,4,8-11,22H2,1-3H3. The second kappa shape index (κ2) is 7.12. The van der Waals surface area contributed by atoms with Crippen LogP contribution in [-0.2, 0) is 7.05 Å². The van der Waals surface area contributed by atoms with Gasteiger partial charge in [0, 0.05) is 25.7 Å². The molecule has 0 bridgehead atoms. The third kappa shape index (κ3) is 3.30. The van der Waals surface area contributed by atoms with Crippen molar-refractivity contribution < 1.29 is 0 Å². The number of hydrogen-bond acceptors (Lipinski definition) is 4. The topological polar surface area (TPSA) is 64.2 Å². The van der Waals surface area contributed by atoms with Crippen LogP contribution >= 0.6 is 23.2 Å². The Morgan fingerprint density at radius 1 is 1.27 bits per heavy atom. The molecule has 0 aliphatic carbocycles. The fourth-order valence-corrected chi connectivity index (χ4v) is 3.83. The molecule has 0 atom stereocenters.